The number of hydrogen-bond donors (Lipinski definition) is 4. The molecule has 40 heavy (non-hydrogen) atoms. The molecule has 0 radical (unpaired) electrons. The third-order valence-electron chi connectivity index (χ3n) is 6.47. The van der Waals surface area contributed by atoms with E-state index >= 15 is 0 Å². The monoisotopic (exact) mass is 585 g/mol. The standard InChI is InChI=1S/C29H27N3O6.2ClH/c33-26(19-3-1-9-30-16-19)17-31-22-7-5-18-6-8-24(13-20(18)11-22)38-25-14-21(29(35)36)12-23(15-25)32-28(34)27-4-2-10-37-27;;/h1-4,6,8-10,12-16,22,26,31,33H,5,7,11,17H2,(H,32,34)(H,35,36);2*1H/t22-,26+;;/m0../s1. The molecule has 1 aliphatic carbocycles. The number of furan rings is 1. The Morgan fingerprint density at radius 3 is 2.62 bits per heavy atom. The molecule has 0 saturated carbocycles. The van der Waals surface area contributed by atoms with E-state index in [-0.39, 0.29) is 53.6 Å². The van der Waals surface area contributed by atoms with Crippen molar-refractivity contribution >= 4 is 42.4 Å². The maximum absolute atomic E-state index is 12.4. The molecule has 210 valence electrons. The molecule has 1 aliphatic rings. The van der Waals surface area contributed by atoms with Gasteiger partial charge in [0.1, 0.15) is 11.5 Å². The van der Waals surface area contributed by atoms with Crippen LogP contribution in [-0.2, 0) is 12.8 Å². The first kappa shape index (κ1) is 30.6. The number of carboxylic acids is 1. The summed E-state index contributed by atoms with van der Waals surface area (Å²) in [4.78, 5) is 28.1. The Kier molecular flexibility index (Phi) is 10.7. The lowest BCUT2D eigenvalue weighted by Gasteiger charge is -2.27. The van der Waals surface area contributed by atoms with Crippen LogP contribution in [0, 0.1) is 0 Å². The van der Waals surface area contributed by atoms with Crippen LogP contribution in [0.1, 0.15) is 50.1 Å². The van der Waals surface area contributed by atoms with Gasteiger partial charge in [-0.3, -0.25) is 9.78 Å². The fourth-order valence-electron chi connectivity index (χ4n) is 4.53. The van der Waals surface area contributed by atoms with E-state index in [4.69, 9.17) is 9.15 Å². The highest BCUT2D eigenvalue weighted by Crippen LogP contribution is 2.31. The van der Waals surface area contributed by atoms with Gasteiger partial charge in [-0.2, -0.15) is 0 Å². The molecule has 0 aliphatic heterocycles. The van der Waals surface area contributed by atoms with Crippen molar-refractivity contribution in [2.45, 2.75) is 31.4 Å². The van der Waals surface area contributed by atoms with Crippen LogP contribution in [0.3, 0.4) is 0 Å². The number of fused-ring (bicyclic) bond motifs is 1. The Hall–Kier alpha value is -3.89. The summed E-state index contributed by atoms with van der Waals surface area (Å²) in [7, 11) is 0. The summed E-state index contributed by atoms with van der Waals surface area (Å²) < 4.78 is 11.1. The zero-order chi connectivity index (χ0) is 26.5. The number of aromatic nitrogens is 1. The van der Waals surface area contributed by atoms with Crippen molar-refractivity contribution in [2.75, 3.05) is 11.9 Å². The molecule has 2 atom stereocenters. The number of amides is 1. The summed E-state index contributed by atoms with van der Waals surface area (Å²) in [5.74, 6) is -0.685. The Morgan fingerprint density at radius 1 is 1.05 bits per heavy atom. The predicted molar refractivity (Wildman–Crippen MR) is 154 cm³/mol. The summed E-state index contributed by atoms with van der Waals surface area (Å²) in [6.45, 7) is 0.427. The predicted octanol–water partition coefficient (Wildman–Crippen LogP) is 5.44. The Balaban J connectivity index is 0.00000220. The van der Waals surface area contributed by atoms with Crippen molar-refractivity contribution in [3.63, 3.8) is 0 Å². The van der Waals surface area contributed by atoms with Crippen LogP contribution in [0.15, 0.2) is 83.7 Å². The molecule has 0 saturated heterocycles. The number of nitrogens with one attached hydrogen (secondary N) is 2. The first-order chi connectivity index (χ1) is 18.4. The molecule has 0 unspecified atom stereocenters. The molecule has 1 amide bonds. The van der Waals surface area contributed by atoms with Gasteiger partial charge in [-0.05, 0) is 72.9 Å². The van der Waals surface area contributed by atoms with Gasteiger partial charge in [0.2, 0.25) is 0 Å². The first-order valence-electron chi connectivity index (χ1n) is 12.3. The minimum absolute atomic E-state index is 0. The van der Waals surface area contributed by atoms with Crippen molar-refractivity contribution in [3.8, 4) is 11.5 Å². The van der Waals surface area contributed by atoms with Gasteiger partial charge < -0.3 is 30.0 Å². The minimum Gasteiger partial charge on any atom is -0.478 e. The maximum atomic E-state index is 12.4. The number of carbonyl (C=O) groups is 2. The van der Waals surface area contributed by atoms with Crippen molar-refractivity contribution in [2.24, 2.45) is 0 Å². The van der Waals surface area contributed by atoms with Crippen LogP contribution in [-0.4, -0.2) is 39.7 Å². The molecule has 11 heteroatoms. The van der Waals surface area contributed by atoms with Crippen LogP contribution in [0.4, 0.5) is 5.69 Å². The second kappa shape index (κ2) is 14.0. The number of aliphatic hydroxyl groups excluding tert-OH is 1. The Morgan fingerprint density at radius 2 is 1.90 bits per heavy atom. The van der Waals surface area contributed by atoms with Crippen LogP contribution < -0.4 is 15.4 Å². The van der Waals surface area contributed by atoms with Crippen molar-refractivity contribution in [3.05, 3.63) is 107 Å². The fourth-order valence-corrected chi connectivity index (χ4v) is 4.53. The summed E-state index contributed by atoms with van der Waals surface area (Å²) in [5.41, 5.74) is 3.38. The number of hydrogen-bond acceptors (Lipinski definition) is 7. The summed E-state index contributed by atoms with van der Waals surface area (Å²) in [5, 5.41) is 26.1. The van der Waals surface area contributed by atoms with E-state index in [9.17, 15) is 19.8 Å². The van der Waals surface area contributed by atoms with Crippen LogP contribution in [0.2, 0.25) is 0 Å². The summed E-state index contributed by atoms with van der Waals surface area (Å²) in [6.07, 6.45) is 6.71. The number of rotatable bonds is 9. The van der Waals surface area contributed by atoms with E-state index in [0.717, 1.165) is 30.4 Å². The van der Waals surface area contributed by atoms with E-state index in [1.807, 2.05) is 24.3 Å². The lowest BCUT2D eigenvalue weighted by molar-refractivity contribution is 0.0696. The molecule has 0 fully saturated rings. The number of aromatic carboxylic acids is 1. The molecular formula is C29H29Cl2N3O6. The molecule has 9 nitrogen and oxygen atoms in total. The van der Waals surface area contributed by atoms with E-state index in [1.54, 1.807) is 30.6 Å². The lowest BCUT2D eigenvalue weighted by atomic mass is 9.88. The van der Waals surface area contributed by atoms with Crippen LogP contribution >= 0.6 is 24.8 Å². The van der Waals surface area contributed by atoms with E-state index in [1.165, 1.54) is 30.0 Å². The molecular weight excluding hydrogens is 557 g/mol. The fraction of sp³-hybridized carbons (Fsp3) is 0.207. The van der Waals surface area contributed by atoms with Crippen molar-refractivity contribution in [1.29, 1.82) is 0 Å². The summed E-state index contributed by atoms with van der Waals surface area (Å²) >= 11 is 0. The average molecular weight is 586 g/mol. The van der Waals surface area contributed by atoms with Crippen molar-refractivity contribution in [1.82, 2.24) is 10.3 Å². The second-order valence-electron chi connectivity index (χ2n) is 9.17. The molecule has 2 aromatic carbocycles. The third-order valence-corrected chi connectivity index (χ3v) is 6.47. The van der Waals surface area contributed by atoms with Crippen LogP contribution in [0.5, 0.6) is 11.5 Å². The van der Waals surface area contributed by atoms with Gasteiger partial charge >= 0.3 is 5.97 Å². The molecule has 0 bridgehead atoms. The highest BCUT2D eigenvalue weighted by Gasteiger charge is 2.21. The SMILES string of the molecule is Cl.Cl.O=C(O)c1cc(NC(=O)c2ccco2)cc(Oc2ccc3c(c2)C[C@@H](NC[C@@H](O)c2cccnc2)CC3)c1. The van der Waals surface area contributed by atoms with Gasteiger partial charge in [-0.1, -0.05) is 12.1 Å². The van der Waals surface area contributed by atoms with Crippen LogP contribution in [0.25, 0.3) is 0 Å². The van der Waals surface area contributed by atoms with Gasteiger partial charge in [0, 0.05) is 42.3 Å². The molecule has 4 N–H and O–H groups in total. The zero-order valence-corrected chi connectivity index (χ0v) is 22.9. The molecule has 2 heterocycles. The first-order valence-corrected chi connectivity index (χ1v) is 12.3. The average Bonchev–Trinajstić information content (AvgIpc) is 3.47. The van der Waals surface area contributed by atoms with E-state index in [2.05, 4.69) is 15.6 Å². The number of aryl methyl sites for hydroxylation is 1. The minimum atomic E-state index is -1.14. The lowest BCUT2D eigenvalue weighted by Crippen LogP contribution is -2.37. The normalized spacial score (nSPS) is 14.6. The van der Waals surface area contributed by atoms with E-state index in [0.29, 0.717) is 12.3 Å². The molecule has 2 aromatic heterocycles. The zero-order valence-electron chi connectivity index (χ0n) is 21.3. The van der Waals surface area contributed by atoms with Gasteiger partial charge in [-0.25, -0.2) is 4.79 Å². The van der Waals surface area contributed by atoms with Gasteiger partial charge in [0.15, 0.2) is 5.76 Å². The number of ether oxygens (including phenoxy) is 1. The highest BCUT2D eigenvalue weighted by molar-refractivity contribution is 6.03. The van der Waals surface area contributed by atoms with Gasteiger partial charge in [-0.15, -0.1) is 24.8 Å². The number of anilines is 1. The Labute approximate surface area is 243 Å². The number of benzene rings is 2. The molecule has 0 spiro atoms. The van der Waals surface area contributed by atoms with E-state index < -0.39 is 18.0 Å². The topological polar surface area (TPSA) is 134 Å². The van der Waals surface area contributed by atoms with Gasteiger partial charge in [0.25, 0.3) is 5.91 Å². The number of pyridine rings is 1. The second-order valence-corrected chi connectivity index (χ2v) is 9.17. The van der Waals surface area contributed by atoms with Gasteiger partial charge in [0.05, 0.1) is 17.9 Å². The largest absolute Gasteiger partial charge is 0.478 e. The number of aliphatic hydroxyl groups is 1. The maximum Gasteiger partial charge on any atom is 0.335 e. The Bertz CT molecular complexity index is 1430. The molecule has 5 rings (SSSR count). The smallest absolute Gasteiger partial charge is 0.335 e. The third kappa shape index (κ3) is 7.61. The summed E-state index contributed by atoms with van der Waals surface area (Å²) in [6, 6.07) is 17.1. The number of halogens is 2. The number of carbonyl (C=O) groups excluding carboxylic acids is 1. The molecule has 4 aromatic rings. The highest BCUT2D eigenvalue weighted by atomic mass is 35.5. The van der Waals surface area contributed by atoms with Crippen molar-refractivity contribution < 1.29 is 29.0 Å². The number of carboxylic acid groups (broad SMARTS) is 1. The quantitative estimate of drug-likeness (QED) is 0.204. The number of nitrogens with zero attached hydrogens (tertiary/aromatic N) is 1.